The second-order valence-corrected chi connectivity index (χ2v) is 11.6. The SMILES string of the molecule is CCC(C)n1ncn(N2CCNCC2c2ccc(OCC3COC(Cn4cncn4)(c4ccc(Cl)cc4Cl)O3)cc2)c1=O. The fourth-order valence-electron chi connectivity index (χ4n) is 5.46. The van der Waals surface area contributed by atoms with Crippen LogP contribution in [0.4, 0.5) is 0 Å². The molecule has 12 nitrogen and oxygen atoms in total. The van der Waals surface area contributed by atoms with Crippen molar-refractivity contribution in [1.82, 2.24) is 34.5 Å². The normalized spacial score (nSPS) is 23.0. The maximum Gasteiger partial charge on any atom is 0.364 e. The molecule has 2 fully saturated rings. The fourth-order valence-corrected chi connectivity index (χ4v) is 6.01. The van der Waals surface area contributed by atoms with Gasteiger partial charge in [-0.1, -0.05) is 48.3 Å². The first-order chi connectivity index (χ1) is 20.9. The molecule has 43 heavy (non-hydrogen) atoms. The summed E-state index contributed by atoms with van der Waals surface area (Å²) in [5, 5.41) is 15.1. The van der Waals surface area contributed by atoms with Gasteiger partial charge in [0.1, 0.15) is 44.0 Å². The Balaban J connectivity index is 1.13. The lowest BCUT2D eigenvalue weighted by Crippen LogP contribution is -2.54. The van der Waals surface area contributed by atoms with Gasteiger partial charge in [0.15, 0.2) is 0 Å². The van der Waals surface area contributed by atoms with Crippen molar-refractivity contribution in [1.29, 1.82) is 0 Å². The zero-order chi connectivity index (χ0) is 30.0. The molecule has 0 spiro atoms. The molecule has 2 aliphatic rings. The van der Waals surface area contributed by atoms with E-state index in [0.717, 1.165) is 18.5 Å². The monoisotopic (exact) mass is 628 g/mol. The first-order valence-corrected chi connectivity index (χ1v) is 15.1. The van der Waals surface area contributed by atoms with Gasteiger partial charge in [0, 0.05) is 30.2 Å². The standard InChI is InChI=1S/C29H34Cl2N8O4/c1-3-20(2)39-28(40)38(19-35-39)37-11-10-32-13-27(37)21-4-7-23(8-5-21)41-14-24-15-42-29(43-24,16-36-18-33-17-34-36)25-9-6-22(30)12-26(25)31/h4-9,12,17-20,24,27,32H,3,10-11,13-16H2,1-2H3. The number of ether oxygens (including phenoxy) is 3. The molecule has 228 valence electrons. The lowest BCUT2D eigenvalue weighted by molar-refractivity contribution is -0.190. The van der Waals surface area contributed by atoms with Crippen molar-refractivity contribution in [2.75, 3.05) is 37.9 Å². The summed E-state index contributed by atoms with van der Waals surface area (Å²) in [6.07, 6.45) is 5.15. The molecule has 0 radical (unpaired) electrons. The highest BCUT2D eigenvalue weighted by Gasteiger charge is 2.45. The lowest BCUT2D eigenvalue weighted by atomic mass is 10.0. The number of benzene rings is 2. The summed E-state index contributed by atoms with van der Waals surface area (Å²) >= 11 is 12.7. The van der Waals surface area contributed by atoms with Gasteiger partial charge in [0.05, 0.1) is 23.7 Å². The Kier molecular flexibility index (Phi) is 8.73. The van der Waals surface area contributed by atoms with Crippen molar-refractivity contribution in [2.24, 2.45) is 0 Å². The van der Waals surface area contributed by atoms with E-state index in [-0.39, 0.29) is 37.0 Å². The molecule has 2 aliphatic heterocycles. The molecular formula is C29H34Cl2N8O4. The average Bonchev–Trinajstić information content (AvgIpc) is 3.77. The third-order valence-corrected chi connectivity index (χ3v) is 8.46. The second kappa shape index (κ2) is 12.7. The molecule has 2 aromatic carbocycles. The van der Waals surface area contributed by atoms with Crippen LogP contribution in [0.25, 0.3) is 0 Å². The first kappa shape index (κ1) is 29.6. The molecule has 6 rings (SSSR count). The molecule has 0 saturated carbocycles. The Hall–Kier alpha value is -3.42. The Morgan fingerprint density at radius 2 is 2.00 bits per heavy atom. The van der Waals surface area contributed by atoms with Gasteiger partial charge in [0.2, 0.25) is 5.79 Å². The van der Waals surface area contributed by atoms with E-state index in [1.807, 2.05) is 38.1 Å². The summed E-state index contributed by atoms with van der Waals surface area (Å²) in [5.41, 5.74) is 1.59. The number of hydrogen-bond acceptors (Lipinski definition) is 9. The van der Waals surface area contributed by atoms with Crippen LogP contribution in [0.15, 0.2) is 66.2 Å². The van der Waals surface area contributed by atoms with E-state index in [9.17, 15) is 4.79 Å². The highest BCUT2D eigenvalue weighted by atomic mass is 35.5. The number of nitrogens with zero attached hydrogens (tertiary/aromatic N) is 7. The number of hydrogen-bond donors (Lipinski definition) is 1. The summed E-state index contributed by atoms with van der Waals surface area (Å²) in [4.78, 5) is 17.1. The maximum atomic E-state index is 13.1. The van der Waals surface area contributed by atoms with Gasteiger partial charge in [-0.3, -0.25) is 5.01 Å². The molecule has 1 N–H and O–H groups in total. The van der Waals surface area contributed by atoms with Crippen LogP contribution in [0.1, 0.15) is 43.5 Å². The van der Waals surface area contributed by atoms with Crippen molar-refractivity contribution in [2.45, 2.75) is 50.8 Å². The molecule has 4 atom stereocenters. The first-order valence-electron chi connectivity index (χ1n) is 14.3. The molecule has 0 bridgehead atoms. The summed E-state index contributed by atoms with van der Waals surface area (Å²) in [5.74, 6) is -0.478. The average molecular weight is 630 g/mol. The summed E-state index contributed by atoms with van der Waals surface area (Å²) in [7, 11) is 0. The molecule has 4 unspecified atom stereocenters. The Labute approximate surface area is 259 Å². The molecule has 2 aromatic heterocycles. The summed E-state index contributed by atoms with van der Waals surface area (Å²) < 4.78 is 23.6. The number of aromatic nitrogens is 6. The van der Waals surface area contributed by atoms with E-state index in [0.29, 0.717) is 41.1 Å². The van der Waals surface area contributed by atoms with Crippen molar-refractivity contribution in [3.05, 3.63) is 93.1 Å². The topological polar surface area (TPSA) is 113 Å². The van der Waals surface area contributed by atoms with E-state index in [1.54, 1.807) is 44.9 Å². The van der Waals surface area contributed by atoms with Gasteiger partial charge < -0.3 is 19.5 Å². The molecule has 4 heterocycles. The molecule has 0 amide bonds. The van der Waals surface area contributed by atoms with Gasteiger partial charge in [-0.2, -0.15) is 14.9 Å². The molecule has 14 heteroatoms. The van der Waals surface area contributed by atoms with Crippen molar-refractivity contribution in [3.8, 4) is 5.75 Å². The van der Waals surface area contributed by atoms with Gasteiger partial charge in [-0.25, -0.2) is 19.1 Å². The summed E-state index contributed by atoms with van der Waals surface area (Å²) in [6.45, 7) is 7.03. The molecular weight excluding hydrogens is 595 g/mol. The van der Waals surface area contributed by atoms with Crippen LogP contribution in [-0.4, -0.2) is 68.2 Å². The third-order valence-electron chi connectivity index (χ3n) is 7.92. The number of rotatable bonds is 10. The van der Waals surface area contributed by atoms with Crippen LogP contribution in [0.3, 0.4) is 0 Å². The smallest absolute Gasteiger partial charge is 0.364 e. The maximum absolute atomic E-state index is 13.1. The van der Waals surface area contributed by atoms with Crippen molar-refractivity contribution in [3.63, 3.8) is 0 Å². The van der Waals surface area contributed by atoms with Gasteiger partial charge in [-0.05, 0) is 43.2 Å². The third kappa shape index (κ3) is 6.16. The fraction of sp³-hybridized carbons (Fsp3) is 0.448. The van der Waals surface area contributed by atoms with Crippen LogP contribution in [0.5, 0.6) is 5.75 Å². The minimum Gasteiger partial charge on any atom is -0.491 e. The highest BCUT2D eigenvalue weighted by molar-refractivity contribution is 6.35. The zero-order valence-electron chi connectivity index (χ0n) is 24.0. The van der Waals surface area contributed by atoms with Gasteiger partial charge in [-0.15, -0.1) is 0 Å². The quantitative estimate of drug-likeness (QED) is 0.282. The predicted molar refractivity (Wildman–Crippen MR) is 161 cm³/mol. The van der Waals surface area contributed by atoms with Crippen LogP contribution in [-0.2, 0) is 21.8 Å². The van der Waals surface area contributed by atoms with E-state index < -0.39 is 5.79 Å². The largest absolute Gasteiger partial charge is 0.491 e. The zero-order valence-corrected chi connectivity index (χ0v) is 25.5. The van der Waals surface area contributed by atoms with Crippen molar-refractivity contribution >= 4 is 23.2 Å². The Bertz CT molecular complexity index is 1580. The molecule has 2 saturated heterocycles. The number of piperazine rings is 1. The van der Waals surface area contributed by atoms with Crippen molar-refractivity contribution < 1.29 is 14.2 Å². The molecule has 0 aliphatic carbocycles. The number of nitrogens with one attached hydrogen (secondary N) is 1. The number of halogens is 2. The lowest BCUT2D eigenvalue weighted by Gasteiger charge is -2.37. The summed E-state index contributed by atoms with van der Waals surface area (Å²) in [6, 6.07) is 13.1. The van der Waals surface area contributed by atoms with E-state index in [1.165, 1.54) is 6.33 Å². The minimum atomic E-state index is -1.18. The Morgan fingerprint density at radius 1 is 1.16 bits per heavy atom. The van der Waals surface area contributed by atoms with Gasteiger partial charge in [0.25, 0.3) is 0 Å². The van der Waals surface area contributed by atoms with E-state index in [2.05, 4.69) is 25.5 Å². The minimum absolute atomic E-state index is 0.0386. The van der Waals surface area contributed by atoms with E-state index in [4.69, 9.17) is 37.4 Å². The predicted octanol–water partition coefficient (Wildman–Crippen LogP) is 3.54. The van der Waals surface area contributed by atoms with Crippen LogP contribution in [0, 0.1) is 0 Å². The highest BCUT2D eigenvalue weighted by Crippen LogP contribution is 2.40. The van der Waals surface area contributed by atoms with Gasteiger partial charge >= 0.3 is 5.69 Å². The van der Waals surface area contributed by atoms with Crippen LogP contribution < -0.4 is 20.8 Å². The van der Waals surface area contributed by atoms with E-state index >= 15 is 0 Å². The Morgan fingerprint density at radius 3 is 2.74 bits per heavy atom. The molecule has 4 aromatic rings. The second-order valence-electron chi connectivity index (χ2n) is 10.7. The van der Waals surface area contributed by atoms with Crippen LogP contribution >= 0.6 is 23.2 Å². The van der Waals surface area contributed by atoms with Crippen LogP contribution in [0.2, 0.25) is 10.0 Å².